The van der Waals surface area contributed by atoms with Gasteiger partial charge in [-0.05, 0) is 35.9 Å². The van der Waals surface area contributed by atoms with Crippen LogP contribution < -0.4 is 5.32 Å². The predicted molar refractivity (Wildman–Crippen MR) is 82.8 cm³/mol. The topological polar surface area (TPSA) is 15.3 Å². The van der Waals surface area contributed by atoms with Gasteiger partial charge in [0.05, 0.1) is 0 Å². The van der Waals surface area contributed by atoms with Gasteiger partial charge in [0.25, 0.3) is 0 Å². The van der Waals surface area contributed by atoms with Crippen molar-refractivity contribution >= 4 is 0 Å². The molecular formula is C17H28N2. The Kier molecular flexibility index (Phi) is 5.00. The maximum atomic E-state index is 3.40. The van der Waals surface area contributed by atoms with Crippen LogP contribution in [0.2, 0.25) is 0 Å². The fraction of sp³-hybridized carbons (Fsp3) is 0.647. The Labute approximate surface area is 118 Å². The van der Waals surface area contributed by atoms with E-state index in [0.29, 0.717) is 0 Å². The van der Waals surface area contributed by atoms with Crippen LogP contribution in [0.4, 0.5) is 0 Å². The fourth-order valence-corrected chi connectivity index (χ4v) is 2.61. The second-order valence-corrected chi connectivity index (χ2v) is 6.64. The predicted octanol–water partition coefficient (Wildman–Crippen LogP) is 2.82. The number of benzene rings is 1. The highest BCUT2D eigenvalue weighted by Crippen LogP contribution is 2.22. The SMILES string of the molecule is CC(C)(C)c1ccc(CCCN2CCNCC2)cc1. The van der Waals surface area contributed by atoms with Crippen LogP contribution in [0.3, 0.4) is 0 Å². The van der Waals surface area contributed by atoms with Crippen LogP contribution in [0.5, 0.6) is 0 Å². The monoisotopic (exact) mass is 260 g/mol. The Morgan fingerprint density at radius 3 is 2.26 bits per heavy atom. The molecule has 2 heteroatoms. The standard InChI is InChI=1S/C17H28N2/c1-17(2,3)16-8-6-15(7-9-16)5-4-12-19-13-10-18-11-14-19/h6-9,18H,4-5,10-14H2,1-3H3. The van der Waals surface area contributed by atoms with E-state index in [9.17, 15) is 0 Å². The zero-order chi connectivity index (χ0) is 13.7. The minimum absolute atomic E-state index is 0.263. The lowest BCUT2D eigenvalue weighted by molar-refractivity contribution is 0.238. The van der Waals surface area contributed by atoms with Crippen molar-refractivity contribution < 1.29 is 0 Å². The quantitative estimate of drug-likeness (QED) is 0.895. The first kappa shape index (κ1) is 14.5. The Morgan fingerprint density at radius 2 is 1.68 bits per heavy atom. The molecule has 1 N–H and O–H groups in total. The zero-order valence-corrected chi connectivity index (χ0v) is 12.7. The third kappa shape index (κ3) is 4.63. The molecule has 1 aromatic carbocycles. The molecule has 1 aliphatic rings. The van der Waals surface area contributed by atoms with Crippen LogP contribution in [-0.4, -0.2) is 37.6 Å². The van der Waals surface area contributed by atoms with Gasteiger partial charge in [-0.3, -0.25) is 0 Å². The summed E-state index contributed by atoms with van der Waals surface area (Å²) in [5.74, 6) is 0. The average molecular weight is 260 g/mol. The number of rotatable bonds is 4. The largest absolute Gasteiger partial charge is 0.314 e. The van der Waals surface area contributed by atoms with Gasteiger partial charge in [-0.25, -0.2) is 0 Å². The van der Waals surface area contributed by atoms with Gasteiger partial charge < -0.3 is 10.2 Å². The maximum absolute atomic E-state index is 3.40. The molecule has 0 unspecified atom stereocenters. The third-order valence-corrected chi connectivity index (χ3v) is 3.97. The van der Waals surface area contributed by atoms with Crippen molar-refractivity contribution in [3.8, 4) is 0 Å². The molecule has 1 saturated heterocycles. The van der Waals surface area contributed by atoms with Crippen molar-refractivity contribution in [1.29, 1.82) is 0 Å². The van der Waals surface area contributed by atoms with Gasteiger partial charge in [0.1, 0.15) is 0 Å². The molecule has 1 aliphatic heterocycles. The molecule has 2 nitrogen and oxygen atoms in total. The van der Waals surface area contributed by atoms with Crippen LogP contribution in [0.1, 0.15) is 38.3 Å². The first-order chi connectivity index (χ1) is 9.05. The Morgan fingerprint density at radius 1 is 1.05 bits per heavy atom. The van der Waals surface area contributed by atoms with E-state index in [2.05, 4.69) is 55.3 Å². The van der Waals surface area contributed by atoms with Crippen LogP contribution in [0.25, 0.3) is 0 Å². The normalized spacial score (nSPS) is 17.6. The van der Waals surface area contributed by atoms with E-state index >= 15 is 0 Å². The van der Waals surface area contributed by atoms with E-state index in [4.69, 9.17) is 0 Å². The van der Waals surface area contributed by atoms with Crippen molar-refractivity contribution in [1.82, 2.24) is 10.2 Å². The van der Waals surface area contributed by atoms with Gasteiger partial charge >= 0.3 is 0 Å². The lowest BCUT2D eigenvalue weighted by Gasteiger charge is -2.27. The number of nitrogens with zero attached hydrogens (tertiary/aromatic N) is 1. The summed E-state index contributed by atoms with van der Waals surface area (Å²) >= 11 is 0. The van der Waals surface area contributed by atoms with Gasteiger partial charge in [0, 0.05) is 26.2 Å². The highest BCUT2D eigenvalue weighted by atomic mass is 15.2. The number of aryl methyl sites for hydroxylation is 1. The molecule has 0 atom stereocenters. The number of hydrogen-bond donors (Lipinski definition) is 1. The van der Waals surface area contributed by atoms with E-state index in [1.54, 1.807) is 0 Å². The molecule has 2 rings (SSSR count). The summed E-state index contributed by atoms with van der Waals surface area (Å²) in [5, 5.41) is 3.40. The molecular weight excluding hydrogens is 232 g/mol. The summed E-state index contributed by atoms with van der Waals surface area (Å²) in [6, 6.07) is 9.19. The Balaban J connectivity index is 1.76. The van der Waals surface area contributed by atoms with Crippen LogP contribution >= 0.6 is 0 Å². The van der Waals surface area contributed by atoms with Gasteiger partial charge in [-0.15, -0.1) is 0 Å². The summed E-state index contributed by atoms with van der Waals surface area (Å²) in [6.45, 7) is 12.8. The van der Waals surface area contributed by atoms with Gasteiger partial charge in [-0.1, -0.05) is 45.0 Å². The van der Waals surface area contributed by atoms with Crippen LogP contribution in [0, 0.1) is 0 Å². The molecule has 0 aliphatic carbocycles. The number of piperazine rings is 1. The lowest BCUT2D eigenvalue weighted by Crippen LogP contribution is -2.43. The molecule has 0 radical (unpaired) electrons. The summed E-state index contributed by atoms with van der Waals surface area (Å²) < 4.78 is 0. The van der Waals surface area contributed by atoms with E-state index in [1.165, 1.54) is 43.6 Å². The van der Waals surface area contributed by atoms with Crippen molar-refractivity contribution in [2.45, 2.75) is 39.0 Å². The molecule has 1 fully saturated rings. The average Bonchev–Trinajstić information content (AvgIpc) is 2.39. The second-order valence-electron chi connectivity index (χ2n) is 6.64. The minimum Gasteiger partial charge on any atom is -0.314 e. The maximum Gasteiger partial charge on any atom is 0.0107 e. The third-order valence-electron chi connectivity index (χ3n) is 3.97. The van der Waals surface area contributed by atoms with E-state index < -0.39 is 0 Å². The van der Waals surface area contributed by atoms with Gasteiger partial charge in [0.2, 0.25) is 0 Å². The number of nitrogens with one attached hydrogen (secondary N) is 1. The van der Waals surface area contributed by atoms with Crippen molar-refractivity contribution in [2.24, 2.45) is 0 Å². The van der Waals surface area contributed by atoms with Gasteiger partial charge in [0.15, 0.2) is 0 Å². The summed E-state index contributed by atoms with van der Waals surface area (Å²) in [5.41, 5.74) is 3.17. The zero-order valence-electron chi connectivity index (χ0n) is 12.7. The van der Waals surface area contributed by atoms with E-state index in [-0.39, 0.29) is 5.41 Å². The van der Waals surface area contributed by atoms with Crippen molar-refractivity contribution in [3.05, 3.63) is 35.4 Å². The Hall–Kier alpha value is -0.860. The highest BCUT2D eigenvalue weighted by Gasteiger charge is 2.13. The Bertz CT molecular complexity index is 369. The second kappa shape index (κ2) is 6.53. The van der Waals surface area contributed by atoms with E-state index in [1.807, 2.05) is 0 Å². The highest BCUT2D eigenvalue weighted by molar-refractivity contribution is 5.27. The molecule has 0 bridgehead atoms. The van der Waals surface area contributed by atoms with Crippen LogP contribution in [-0.2, 0) is 11.8 Å². The molecule has 1 aromatic rings. The molecule has 0 amide bonds. The summed E-state index contributed by atoms with van der Waals surface area (Å²) in [6.07, 6.45) is 2.48. The summed E-state index contributed by atoms with van der Waals surface area (Å²) in [4.78, 5) is 2.57. The molecule has 0 spiro atoms. The minimum atomic E-state index is 0.263. The smallest absolute Gasteiger partial charge is 0.0107 e. The first-order valence-corrected chi connectivity index (χ1v) is 7.58. The van der Waals surface area contributed by atoms with Crippen LogP contribution in [0.15, 0.2) is 24.3 Å². The fourth-order valence-electron chi connectivity index (χ4n) is 2.61. The lowest BCUT2D eigenvalue weighted by atomic mass is 9.86. The number of hydrogen-bond acceptors (Lipinski definition) is 2. The molecule has 0 aromatic heterocycles. The molecule has 19 heavy (non-hydrogen) atoms. The van der Waals surface area contributed by atoms with E-state index in [0.717, 1.165) is 13.1 Å². The molecule has 106 valence electrons. The molecule has 1 heterocycles. The first-order valence-electron chi connectivity index (χ1n) is 7.58. The van der Waals surface area contributed by atoms with Crippen molar-refractivity contribution in [3.63, 3.8) is 0 Å². The van der Waals surface area contributed by atoms with Crippen molar-refractivity contribution in [2.75, 3.05) is 32.7 Å². The summed E-state index contributed by atoms with van der Waals surface area (Å²) in [7, 11) is 0. The molecule has 0 saturated carbocycles. The van der Waals surface area contributed by atoms with Gasteiger partial charge in [-0.2, -0.15) is 0 Å².